The molecule has 30 heavy (non-hydrogen) atoms. The first-order chi connectivity index (χ1) is 14.3. The minimum Gasteiger partial charge on any atom is -0.371 e. The van der Waals surface area contributed by atoms with E-state index >= 15 is 0 Å². The van der Waals surface area contributed by atoms with E-state index in [2.05, 4.69) is 64.5 Å². The van der Waals surface area contributed by atoms with E-state index in [0.717, 1.165) is 18.7 Å². The number of aromatic nitrogens is 2. The van der Waals surface area contributed by atoms with Gasteiger partial charge in [-0.25, -0.2) is 9.59 Å². The number of urea groups is 1. The molecule has 0 radical (unpaired) electrons. The number of hydrogen-bond acceptors (Lipinski definition) is 3. The van der Waals surface area contributed by atoms with E-state index in [4.69, 9.17) is 0 Å². The number of aromatic amines is 2. The normalized spacial score (nSPS) is 14.3. The number of hydrogen-bond donors (Lipinski definition) is 4. The Labute approximate surface area is 175 Å². The molecule has 1 aromatic heterocycles. The number of para-hydroxylation sites is 1. The molecule has 0 bridgehead atoms. The third kappa shape index (κ3) is 4.20. The lowest BCUT2D eigenvalue weighted by Crippen LogP contribution is -2.30. The Morgan fingerprint density at radius 3 is 2.60 bits per heavy atom. The fourth-order valence-electron chi connectivity index (χ4n) is 3.94. The number of nitrogens with zero attached hydrogens (tertiary/aromatic N) is 1. The minimum absolute atomic E-state index is 0.0734. The van der Waals surface area contributed by atoms with Gasteiger partial charge in [0.15, 0.2) is 0 Å². The van der Waals surface area contributed by atoms with Gasteiger partial charge in [-0.1, -0.05) is 39.0 Å². The highest BCUT2D eigenvalue weighted by Crippen LogP contribution is 2.31. The summed E-state index contributed by atoms with van der Waals surface area (Å²) < 4.78 is 0. The Hall–Kier alpha value is -3.22. The molecule has 0 aliphatic carbocycles. The largest absolute Gasteiger partial charge is 0.371 e. The first kappa shape index (κ1) is 20.1. The van der Waals surface area contributed by atoms with Crippen molar-refractivity contribution in [3.63, 3.8) is 0 Å². The summed E-state index contributed by atoms with van der Waals surface area (Å²) in [6, 6.07) is 11.6. The lowest BCUT2D eigenvalue weighted by atomic mass is 9.86. The van der Waals surface area contributed by atoms with Gasteiger partial charge in [0, 0.05) is 25.3 Å². The number of rotatable bonds is 4. The van der Waals surface area contributed by atoms with E-state index in [9.17, 15) is 9.59 Å². The highest BCUT2D eigenvalue weighted by molar-refractivity contribution is 5.98. The predicted molar refractivity (Wildman–Crippen MR) is 121 cm³/mol. The van der Waals surface area contributed by atoms with Gasteiger partial charge in [-0.2, -0.15) is 0 Å². The van der Waals surface area contributed by atoms with Crippen molar-refractivity contribution >= 4 is 28.4 Å². The average Bonchev–Trinajstić information content (AvgIpc) is 3.35. The smallest absolute Gasteiger partial charge is 0.323 e. The number of fused-ring (bicyclic) bond motifs is 1. The van der Waals surface area contributed by atoms with Crippen LogP contribution in [0.4, 0.5) is 16.2 Å². The number of imidazole rings is 1. The molecule has 7 nitrogen and oxygen atoms in total. The van der Waals surface area contributed by atoms with Crippen molar-refractivity contribution < 1.29 is 4.79 Å². The number of nitrogens with one attached hydrogen (secondary N) is 4. The number of benzene rings is 2. The van der Waals surface area contributed by atoms with Crippen molar-refractivity contribution in [3.8, 4) is 0 Å². The van der Waals surface area contributed by atoms with Crippen molar-refractivity contribution in [3.05, 3.63) is 58.0 Å². The van der Waals surface area contributed by atoms with Gasteiger partial charge in [-0.15, -0.1) is 0 Å². The van der Waals surface area contributed by atoms with Gasteiger partial charge in [0.2, 0.25) is 0 Å². The van der Waals surface area contributed by atoms with E-state index in [1.165, 1.54) is 24.1 Å². The van der Waals surface area contributed by atoms with Gasteiger partial charge in [0.25, 0.3) is 0 Å². The van der Waals surface area contributed by atoms with Crippen LogP contribution in [-0.4, -0.2) is 29.1 Å². The molecule has 1 fully saturated rings. The topological polar surface area (TPSA) is 93.0 Å². The van der Waals surface area contributed by atoms with Gasteiger partial charge in [-0.3, -0.25) is 0 Å². The zero-order valence-electron chi connectivity index (χ0n) is 17.8. The molecule has 2 amide bonds. The highest BCUT2D eigenvalue weighted by atomic mass is 16.2. The molecule has 0 saturated carbocycles. The van der Waals surface area contributed by atoms with Crippen molar-refractivity contribution in [1.82, 2.24) is 15.3 Å². The van der Waals surface area contributed by atoms with Crippen molar-refractivity contribution in [2.45, 2.75) is 45.6 Å². The fraction of sp³-hybridized carbons (Fsp3) is 0.391. The maximum absolute atomic E-state index is 12.6. The summed E-state index contributed by atoms with van der Waals surface area (Å²) in [4.78, 5) is 31.9. The second-order valence-corrected chi connectivity index (χ2v) is 8.90. The molecule has 1 aliphatic heterocycles. The summed E-state index contributed by atoms with van der Waals surface area (Å²) >= 11 is 0. The molecule has 158 valence electrons. The standard InChI is InChI=1S/C23H29N5O2/c1-23(2,3)16-10-9-15(19(13-16)28-11-4-5-12-28)14-24-21(29)25-17-7-6-8-18-20(17)27-22(30)26-18/h6-10,13H,4-5,11-12,14H2,1-3H3,(H2,24,25,29)(H2,26,27,30). The van der Waals surface area contributed by atoms with Crippen LogP contribution in [0.15, 0.2) is 41.2 Å². The summed E-state index contributed by atoms with van der Waals surface area (Å²) in [5, 5.41) is 5.80. The van der Waals surface area contributed by atoms with Crippen LogP contribution in [0, 0.1) is 0 Å². The Balaban J connectivity index is 1.51. The van der Waals surface area contributed by atoms with E-state index in [-0.39, 0.29) is 17.1 Å². The van der Waals surface area contributed by atoms with Gasteiger partial charge < -0.3 is 25.5 Å². The second kappa shape index (κ2) is 7.89. The summed E-state index contributed by atoms with van der Waals surface area (Å²) in [5.74, 6) is 0. The fourth-order valence-corrected chi connectivity index (χ4v) is 3.94. The molecule has 0 atom stereocenters. The van der Waals surface area contributed by atoms with Crippen molar-refractivity contribution in [2.24, 2.45) is 0 Å². The van der Waals surface area contributed by atoms with Crippen LogP contribution in [0.25, 0.3) is 11.0 Å². The van der Waals surface area contributed by atoms with Crippen LogP contribution >= 0.6 is 0 Å². The molecular weight excluding hydrogens is 378 g/mol. The summed E-state index contributed by atoms with van der Waals surface area (Å²) in [6.07, 6.45) is 2.40. The minimum atomic E-state index is -0.309. The SMILES string of the molecule is CC(C)(C)c1ccc(CNC(=O)Nc2cccc3[nH]c(=O)[nH]c23)c(N2CCCC2)c1. The summed E-state index contributed by atoms with van der Waals surface area (Å²) in [6.45, 7) is 9.18. The number of H-pyrrole nitrogens is 2. The van der Waals surface area contributed by atoms with Gasteiger partial charge in [-0.05, 0) is 47.6 Å². The maximum Gasteiger partial charge on any atom is 0.323 e. The first-order valence-corrected chi connectivity index (χ1v) is 10.5. The Bertz CT molecular complexity index is 1120. The number of anilines is 2. The van der Waals surface area contributed by atoms with Crippen molar-refractivity contribution in [2.75, 3.05) is 23.3 Å². The van der Waals surface area contributed by atoms with Gasteiger partial charge in [0.1, 0.15) is 0 Å². The number of carbonyl (C=O) groups excluding carboxylic acids is 1. The quantitative estimate of drug-likeness (QED) is 0.525. The Morgan fingerprint density at radius 2 is 1.87 bits per heavy atom. The zero-order chi connectivity index (χ0) is 21.3. The molecule has 7 heteroatoms. The predicted octanol–water partition coefficient (Wildman–Crippen LogP) is 4.08. The first-order valence-electron chi connectivity index (χ1n) is 10.5. The van der Waals surface area contributed by atoms with Gasteiger partial charge in [0.05, 0.1) is 16.7 Å². The lowest BCUT2D eigenvalue weighted by Gasteiger charge is -2.26. The monoisotopic (exact) mass is 407 g/mol. The third-order valence-corrected chi connectivity index (χ3v) is 5.64. The Morgan fingerprint density at radius 1 is 1.10 bits per heavy atom. The molecule has 4 N–H and O–H groups in total. The molecular formula is C23H29N5O2. The van der Waals surface area contributed by atoms with E-state index in [0.29, 0.717) is 23.3 Å². The lowest BCUT2D eigenvalue weighted by molar-refractivity contribution is 0.252. The highest BCUT2D eigenvalue weighted by Gasteiger charge is 2.20. The van der Waals surface area contributed by atoms with E-state index < -0.39 is 0 Å². The summed E-state index contributed by atoms with van der Waals surface area (Å²) in [7, 11) is 0. The van der Waals surface area contributed by atoms with Crippen LogP contribution < -0.4 is 21.2 Å². The van der Waals surface area contributed by atoms with Crippen LogP contribution in [0.1, 0.15) is 44.7 Å². The molecule has 2 heterocycles. The zero-order valence-corrected chi connectivity index (χ0v) is 17.8. The number of carbonyl (C=O) groups is 1. The summed E-state index contributed by atoms with van der Waals surface area (Å²) in [5.41, 5.74) is 5.19. The third-order valence-electron chi connectivity index (χ3n) is 5.64. The van der Waals surface area contributed by atoms with E-state index in [1.54, 1.807) is 18.2 Å². The molecule has 1 aliphatic rings. The van der Waals surface area contributed by atoms with Crippen LogP contribution in [-0.2, 0) is 12.0 Å². The Kier molecular flexibility index (Phi) is 5.28. The van der Waals surface area contributed by atoms with Crippen LogP contribution in [0.2, 0.25) is 0 Å². The van der Waals surface area contributed by atoms with Crippen LogP contribution in [0.3, 0.4) is 0 Å². The van der Waals surface area contributed by atoms with Crippen molar-refractivity contribution in [1.29, 1.82) is 0 Å². The van der Waals surface area contributed by atoms with Crippen LogP contribution in [0.5, 0.6) is 0 Å². The molecule has 2 aromatic carbocycles. The average molecular weight is 408 g/mol. The maximum atomic E-state index is 12.6. The molecule has 3 aromatic rings. The molecule has 0 unspecified atom stereocenters. The van der Waals surface area contributed by atoms with E-state index in [1.807, 2.05) is 0 Å². The molecule has 1 saturated heterocycles. The molecule has 4 rings (SSSR count). The van der Waals surface area contributed by atoms with Gasteiger partial charge >= 0.3 is 11.7 Å². The molecule has 0 spiro atoms. The number of amides is 2. The second-order valence-electron chi connectivity index (χ2n) is 8.90.